The van der Waals surface area contributed by atoms with Crippen LogP contribution in [0.4, 0.5) is 0 Å². The molecule has 2 rings (SSSR count). The summed E-state index contributed by atoms with van der Waals surface area (Å²) in [5.41, 5.74) is 1.36. The summed E-state index contributed by atoms with van der Waals surface area (Å²) >= 11 is 0. The van der Waals surface area contributed by atoms with Crippen LogP contribution in [-0.2, 0) is 9.59 Å². The van der Waals surface area contributed by atoms with E-state index >= 15 is 0 Å². The van der Waals surface area contributed by atoms with Crippen molar-refractivity contribution in [3.05, 3.63) is 30.1 Å². The Labute approximate surface area is 179 Å². The monoisotopic (exact) mass is 426 g/mol. The highest BCUT2D eigenvalue weighted by atomic mass is 16.4. The molecule has 1 aliphatic heterocycles. The third-order valence-electron chi connectivity index (χ3n) is 4.55. The lowest BCUT2D eigenvalue weighted by atomic mass is 10.1. The van der Waals surface area contributed by atoms with Crippen LogP contribution in [0.2, 0.25) is 0 Å². The van der Waals surface area contributed by atoms with Crippen LogP contribution in [0.15, 0.2) is 24.5 Å². The Morgan fingerprint density at radius 2 is 1.57 bits per heavy atom. The fourth-order valence-corrected chi connectivity index (χ4v) is 3.00. The van der Waals surface area contributed by atoms with Gasteiger partial charge in [-0.25, -0.2) is 9.59 Å². The van der Waals surface area contributed by atoms with Crippen molar-refractivity contribution in [2.45, 2.75) is 71.6 Å². The smallest absolute Gasteiger partial charge is 0.332 e. The highest BCUT2D eigenvalue weighted by molar-refractivity contribution is 5.72. The Bertz CT molecular complexity index is 583. The Balaban J connectivity index is 0.000000430. The first kappa shape index (κ1) is 28.0. The van der Waals surface area contributed by atoms with E-state index in [1.807, 2.05) is 46.2 Å². The molecule has 3 atom stereocenters. The topological polar surface area (TPSA) is 131 Å². The maximum absolute atomic E-state index is 9.98. The predicted molar refractivity (Wildman–Crippen MR) is 115 cm³/mol. The average molecular weight is 427 g/mol. The first-order valence-corrected chi connectivity index (χ1v) is 10.4. The van der Waals surface area contributed by atoms with Crippen molar-refractivity contribution in [1.82, 2.24) is 9.88 Å². The minimum Gasteiger partial charge on any atom is -0.479 e. The van der Waals surface area contributed by atoms with Gasteiger partial charge in [-0.15, -0.1) is 0 Å². The van der Waals surface area contributed by atoms with Crippen molar-refractivity contribution in [2.75, 3.05) is 13.6 Å². The van der Waals surface area contributed by atoms with Gasteiger partial charge in [-0.2, -0.15) is 0 Å². The second-order valence-electron chi connectivity index (χ2n) is 8.39. The summed E-state index contributed by atoms with van der Waals surface area (Å²) in [6.07, 6.45) is 4.68. The fourth-order valence-electron chi connectivity index (χ4n) is 3.00. The Morgan fingerprint density at radius 1 is 1.07 bits per heavy atom. The normalized spacial score (nSPS) is 18.1. The van der Waals surface area contributed by atoms with Crippen LogP contribution in [0, 0.1) is 11.8 Å². The number of hydrogen-bond donors (Lipinski definition) is 4. The first-order chi connectivity index (χ1) is 14.0. The number of carbonyl (C=O) groups is 2. The summed E-state index contributed by atoms with van der Waals surface area (Å²) in [5.74, 6) is -1.81. The molecule has 0 spiro atoms. The molecule has 30 heavy (non-hydrogen) atoms. The van der Waals surface area contributed by atoms with Gasteiger partial charge in [-0.3, -0.25) is 9.88 Å². The summed E-state index contributed by atoms with van der Waals surface area (Å²) in [5, 5.41) is 33.8. The van der Waals surface area contributed by atoms with E-state index in [1.54, 1.807) is 0 Å². The van der Waals surface area contributed by atoms with E-state index < -0.39 is 24.1 Å². The fraction of sp³-hybridized carbons (Fsp3) is 0.682. The molecule has 8 nitrogen and oxygen atoms in total. The van der Waals surface area contributed by atoms with Gasteiger partial charge in [0.2, 0.25) is 0 Å². The molecule has 0 radical (unpaired) electrons. The number of likely N-dealkylation sites (tertiary alicyclic amines) is 1. The molecule has 0 aliphatic carbocycles. The molecular formula is C22H38N2O6. The largest absolute Gasteiger partial charge is 0.479 e. The number of aromatic nitrogens is 1. The van der Waals surface area contributed by atoms with Crippen molar-refractivity contribution in [3.8, 4) is 0 Å². The summed E-state index contributed by atoms with van der Waals surface area (Å²) in [4.78, 5) is 26.5. The van der Waals surface area contributed by atoms with Crippen molar-refractivity contribution in [2.24, 2.45) is 11.8 Å². The van der Waals surface area contributed by atoms with E-state index in [0.717, 1.165) is 0 Å². The molecule has 1 fully saturated rings. The maximum Gasteiger partial charge on any atom is 0.332 e. The number of aliphatic hydroxyl groups is 2. The highest BCUT2D eigenvalue weighted by Gasteiger charge is 2.22. The molecule has 0 bridgehead atoms. The van der Waals surface area contributed by atoms with Crippen LogP contribution < -0.4 is 0 Å². The molecule has 1 saturated heterocycles. The van der Waals surface area contributed by atoms with Gasteiger partial charge in [0.15, 0.2) is 12.2 Å². The molecule has 1 aromatic rings. The third-order valence-corrected chi connectivity index (χ3v) is 4.55. The maximum atomic E-state index is 9.98. The summed E-state index contributed by atoms with van der Waals surface area (Å²) < 4.78 is 0. The van der Waals surface area contributed by atoms with Gasteiger partial charge in [0.05, 0.1) is 0 Å². The number of aliphatic carboxylic acids is 2. The Hall–Kier alpha value is -2.03. The van der Waals surface area contributed by atoms with Crippen LogP contribution in [-0.4, -0.2) is 68.0 Å². The lowest BCUT2D eigenvalue weighted by molar-refractivity contribution is -0.148. The van der Waals surface area contributed by atoms with Gasteiger partial charge in [0, 0.05) is 18.4 Å². The molecule has 0 amide bonds. The summed E-state index contributed by atoms with van der Waals surface area (Å²) in [7, 11) is 2.19. The zero-order valence-corrected chi connectivity index (χ0v) is 18.7. The number of carboxylic acid groups (broad SMARTS) is 2. The van der Waals surface area contributed by atoms with Crippen LogP contribution in [0.25, 0.3) is 0 Å². The van der Waals surface area contributed by atoms with Gasteiger partial charge in [0.25, 0.3) is 0 Å². The van der Waals surface area contributed by atoms with E-state index in [4.69, 9.17) is 20.4 Å². The molecule has 2 heterocycles. The van der Waals surface area contributed by atoms with E-state index in [0.29, 0.717) is 18.9 Å². The lowest BCUT2D eigenvalue weighted by Gasteiger charge is -2.18. The minimum absolute atomic E-state index is 0.232. The van der Waals surface area contributed by atoms with E-state index in [2.05, 4.69) is 23.0 Å². The standard InChI is InChI=1S/C10H14N2.2C6H12O3/c1-12-7-3-5-10(12)9-4-2-6-11-8-9;2*1-4(2)3-5(7)6(8)9/h2,4,6,8,10H,3,5,7H2,1H3;2*4-5,7H,3H2,1-2H3,(H,8,9). The Morgan fingerprint density at radius 3 is 1.83 bits per heavy atom. The molecule has 1 aromatic heterocycles. The van der Waals surface area contributed by atoms with E-state index in [1.165, 1.54) is 24.9 Å². The molecule has 172 valence electrons. The first-order valence-electron chi connectivity index (χ1n) is 10.4. The van der Waals surface area contributed by atoms with Gasteiger partial charge in [-0.1, -0.05) is 33.8 Å². The molecule has 0 saturated carbocycles. The molecule has 1 aliphatic rings. The van der Waals surface area contributed by atoms with Gasteiger partial charge < -0.3 is 20.4 Å². The minimum atomic E-state index is -1.19. The van der Waals surface area contributed by atoms with Crippen molar-refractivity contribution < 1.29 is 30.0 Å². The molecular weight excluding hydrogens is 388 g/mol. The molecule has 8 heteroatoms. The summed E-state index contributed by atoms with van der Waals surface area (Å²) in [6, 6.07) is 4.79. The quantitative estimate of drug-likeness (QED) is 0.523. The van der Waals surface area contributed by atoms with Gasteiger partial charge >= 0.3 is 11.9 Å². The van der Waals surface area contributed by atoms with Crippen LogP contribution in [0.1, 0.15) is 65.0 Å². The zero-order chi connectivity index (χ0) is 23.3. The number of pyridine rings is 1. The van der Waals surface area contributed by atoms with Crippen LogP contribution >= 0.6 is 0 Å². The van der Waals surface area contributed by atoms with Crippen LogP contribution in [0.3, 0.4) is 0 Å². The lowest BCUT2D eigenvalue weighted by Crippen LogP contribution is -2.21. The SMILES string of the molecule is CC(C)CC(O)C(=O)O.CC(C)CC(O)C(=O)O.CN1CCCC1c1cccnc1. The summed E-state index contributed by atoms with van der Waals surface area (Å²) in [6.45, 7) is 8.69. The Kier molecular flexibility index (Phi) is 13.9. The van der Waals surface area contributed by atoms with E-state index in [9.17, 15) is 9.59 Å². The molecule has 3 unspecified atom stereocenters. The van der Waals surface area contributed by atoms with E-state index in [-0.39, 0.29) is 11.8 Å². The van der Waals surface area contributed by atoms with Crippen LogP contribution in [0.5, 0.6) is 0 Å². The van der Waals surface area contributed by atoms with Gasteiger partial charge in [0.1, 0.15) is 0 Å². The number of nitrogens with zero attached hydrogens (tertiary/aromatic N) is 2. The highest BCUT2D eigenvalue weighted by Crippen LogP contribution is 2.29. The van der Waals surface area contributed by atoms with Crippen molar-refractivity contribution in [3.63, 3.8) is 0 Å². The number of rotatable bonds is 7. The zero-order valence-electron chi connectivity index (χ0n) is 18.7. The number of hydrogen-bond acceptors (Lipinski definition) is 6. The average Bonchev–Trinajstić information content (AvgIpc) is 3.08. The number of aliphatic hydroxyl groups excluding tert-OH is 2. The van der Waals surface area contributed by atoms with Gasteiger partial charge in [-0.05, 0) is 62.7 Å². The molecule has 0 aromatic carbocycles. The van der Waals surface area contributed by atoms with Crippen molar-refractivity contribution >= 4 is 11.9 Å². The predicted octanol–water partition coefficient (Wildman–Crippen LogP) is 2.80. The third kappa shape index (κ3) is 12.5. The number of carboxylic acids is 2. The van der Waals surface area contributed by atoms with Crippen molar-refractivity contribution in [1.29, 1.82) is 0 Å². The molecule has 4 N–H and O–H groups in total. The second-order valence-corrected chi connectivity index (χ2v) is 8.39. The second kappa shape index (κ2) is 14.9.